The van der Waals surface area contributed by atoms with Gasteiger partial charge in [0.2, 0.25) is 0 Å². The van der Waals surface area contributed by atoms with Crippen molar-refractivity contribution in [1.82, 2.24) is 4.90 Å². The summed E-state index contributed by atoms with van der Waals surface area (Å²) >= 11 is 0. The van der Waals surface area contributed by atoms with Gasteiger partial charge in [0.1, 0.15) is 0 Å². The van der Waals surface area contributed by atoms with E-state index in [0.717, 1.165) is 37.6 Å². The summed E-state index contributed by atoms with van der Waals surface area (Å²) in [5.41, 5.74) is 1.29. The van der Waals surface area contributed by atoms with E-state index < -0.39 is 0 Å². The van der Waals surface area contributed by atoms with Crippen LogP contribution in [-0.4, -0.2) is 32.2 Å². The quantitative estimate of drug-likeness (QED) is 0.200. The predicted octanol–water partition coefficient (Wildman–Crippen LogP) is 8.01. The summed E-state index contributed by atoms with van der Waals surface area (Å²) in [5.74, 6) is 1.73. The zero-order valence-electron chi connectivity index (χ0n) is 20.5. The van der Waals surface area contributed by atoms with Gasteiger partial charge >= 0.3 is 0 Å². The lowest BCUT2D eigenvalue weighted by molar-refractivity contribution is 0.283. The van der Waals surface area contributed by atoms with Gasteiger partial charge in [0, 0.05) is 6.54 Å². The largest absolute Gasteiger partial charge is 0.493 e. The topological polar surface area (TPSA) is 21.7 Å². The van der Waals surface area contributed by atoms with Gasteiger partial charge in [-0.15, -0.1) is 0 Å². The minimum atomic E-state index is 0.772. The van der Waals surface area contributed by atoms with Crippen LogP contribution in [0.1, 0.15) is 109 Å². The molecule has 3 heteroatoms. The van der Waals surface area contributed by atoms with Gasteiger partial charge in [0.05, 0.1) is 13.7 Å². The van der Waals surface area contributed by atoms with E-state index in [1.54, 1.807) is 7.11 Å². The first-order valence-corrected chi connectivity index (χ1v) is 12.7. The molecule has 0 aliphatic carbocycles. The Kier molecular flexibility index (Phi) is 16.6. The van der Waals surface area contributed by atoms with Crippen molar-refractivity contribution in [1.29, 1.82) is 0 Å². The summed E-state index contributed by atoms with van der Waals surface area (Å²) in [5, 5.41) is 0. The van der Waals surface area contributed by atoms with Gasteiger partial charge in [0.15, 0.2) is 11.5 Å². The Hall–Kier alpha value is -1.22. The molecule has 0 saturated carbocycles. The third-order valence-corrected chi connectivity index (χ3v) is 5.83. The Balaban J connectivity index is 2.19. The Bertz CT molecular complexity index is 518. The molecule has 0 fully saturated rings. The van der Waals surface area contributed by atoms with Crippen molar-refractivity contribution in [2.24, 2.45) is 0 Å². The maximum absolute atomic E-state index is 5.93. The van der Waals surface area contributed by atoms with E-state index in [-0.39, 0.29) is 0 Å². The Morgan fingerprint density at radius 3 is 1.87 bits per heavy atom. The van der Waals surface area contributed by atoms with Crippen LogP contribution in [0.15, 0.2) is 18.2 Å². The molecule has 0 aliphatic heterocycles. The molecular formula is C27H49NO2. The number of hydrogen-bond acceptors (Lipinski definition) is 3. The van der Waals surface area contributed by atoms with Gasteiger partial charge in [-0.25, -0.2) is 0 Å². The fourth-order valence-corrected chi connectivity index (χ4v) is 3.90. The highest BCUT2D eigenvalue weighted by Crippen LogP contribution is 2.28. The van der Waals surface area contributed by atoms with Gasteiger partial charge in [0.25, 0.3) is 0 Å². The molecule has 0 bridgehead atoms. The van der Waals surface area contributed by atoms with Crippen molar-refractivity contribution in [2.45, 2.75) is 110 Å². The van der Waals surface area contributed by atoms with Crippen molar-refractivity contribution in [2.75, 3.05) is 27.3 Å². The summed E-state index contributed by atoms with van der Waals surface area (Å²) < 4.78 is 11.5. The van der Waals surface area contributed by atoms with E-state index in [1.165, 1.54) is 89.0 Å². The highest BCUT2D eigenvalue weighted by molar-refractivity contribution is 5.42. The molecule has 0 atom stereocenters. The van der Waals surface area contributed by atoms with E-state index in [0.29, 0.717) is 0 Å². The molecular weight excluding hydrogens is 370 g/mol. The van der Waals surface area contributed by atoms with Crippen molar-refractivity contribution in [3.8, 4) is 11.5 Å². The molecule has 3 nitrogen and oxygen atoms in total. The van der Waals surface area contributed by atoms with E-state index in [2.05, 4.69) is 44.0 Å². The highest BCUT2D eigenvalue weighted by Gasteiger charge is 2.08. The third-order valence-electron chi connectivity index (χ3n) is 5.83. The molecule has 0 aromatic heterocycles. The molecule has 0 aliphatic rings. The Morgan fingerprint density at radius 1 is 0.700 bits per heavy atom. The van der Waals surface area contributed by atoms with Crippen LogP contribution in [0, 0.1) is 0 Å². The number of unbranched alkanes of at least 4 members (excludes halogenated alkanes) is 12. The van der Waals surface area contributed by atoms with Crippen LogP contribution >= 0.6 is 0 Å². The van der Waals surface area contributed by atoms with Crippen LogP contribution in [0.25, 0.3) is 0 Å². The second-order valence-corrected chi connectivity index (χ2v) is 8.81. The molecule has 0 heterocycles. The standard InChI is InChI=1S/C27H49NO2/c1-5-7-9-11-12-13-14-15-16-17-21-28(3)24-25-19-20-26(27(23-25)29-4)30-22-18-10-8-6-2/h19-20,23H,5-18,21-22,24H2,1-4H3. The van der Waals surface area contributed by atoms with Gasteiger partial charge in [-0.3, -0.25) is 0 Å². The number of ether oxygens (including phenoxy) is 2. The molecule has 0 amide bonds. The Labute approximate surface area is 187 Å². The average molecular weight is 420 g/mol. The maximum atomic E-state index is 5.93. The summed E-state index contributed by atoms with van der Waals surface area (Å²) in [6.45, 7) is 7.41. The summed E-state index contributed by atoms with van der Waals surface area (Å²) in [7, 11) is 3.95. The molecule has 0 spiro atoms. The summed E-state index contributed by atoms with van der Waals surface area (Å²) in [6, 6.07) is 6.39. The van der Waals surface area contributed by atoms with E-state index in [4.69, 9.17) is 9.47 Å². The molecule has 30 heavy (non-hydrogen) atoms. The first-order chi connectivity index (χ1) is 14.7. The van der Waals surface area contributed by atoms with E-state index in [9.17, 15) is 0 Å². The first-order valence-electron chi connectivity index (χ1n) is 12.7. The molecule has 174 valence electrons. The summed E-state index contributed by atoms with van der Waals surface area (Å²) in [4.78, 5) is 2.42. The van der Waals surface area contributed by atoms with Gasteiger partial charge in [-0.05, 0) is 44.1 Å². The van der Waals surface area contributed by atoms with E-state index in [1.807, 2.05) is 0 Å². The second-order valence-electron chi connectivity index (χ2n) is 8.81. The molecule has 1 aromatic carbocycles. The molecule has 1 rings (SSSR count). The number of rotatable bonds is 20. The maximum Gasteiger partial charge on any atom is 0.161 e. The fraction of sp³-hybridized carbons (Fsp3) is 0.778. The minimum Gasteiger partial charge on any atom is -0.493 e. The lowest BCUT2D eigenvalue weighted by atomic mass is 10.1. The number of methoxy groups -OCH3 is 1. The number of hydrogen-bond donors (Lipinski definition) is 0. The van der Waals surface area contributed by atoms with Crippen LogP contribution in [0.3, 0.4) is 0 Å². The van der Waals surface area contributed by atoms with Crippen molar-refractivity contribution >= 4 is 0 Å². The molecule has 1 aromatic rings. The van der Waals surface area contributed by atoms with Crippen LogP contribution in [-0.2, 0) is 6.54 Å². The fourth-order valence-electron chi connectivity index (χ4n) is 3.90. The number of benzene rings is 1. The van der Waals surface area contributed by atoms with Crippen LogP contribution < -0.4 is 9.47 Å². The first kappa shape index (κ1) is 26.8. The van der Waals surface area contributed by atoms with E-state index >= 15 is 0 Å². The SMILES string of the molecule is CCCCCCCCCCCCN(C)Cc1ccc(OCCCCCC)c(OC)c1. The number of nitrogens with zero attached hydrogens (tertiary/aromatic N) is 1. The third kappa shape index (κ3) is 13.2. The highest BCUT2D eigenvalue weighted by atomic mass is 16.5. The molecule has 0 radical (unpaired) electrons. The monoisotopic (exact) mass is 419 g/mol. The van der Waals surface area contributed by atoms with Crippen LogP contribution in [0.4, 0.5) is 0 Å². The van der Waals surface area contributed by atoms with Crippen molar-refractivity contribution in [3.05, 3.63) is 23.8 Å². The lowest BCUT2D eigenvalue weighted by Gasteiger charge is -2.18. The van der Waals surface area contributed by atoms with Gasteiger partial charge in [-0.2, -0.15) is 0 Å². The molecule has 0 N–H and O–H groups in total. The zero-order chi connectivity index (χ0) is 21.9. The van der Waals surface area contributed by atoms with Gasteiger partial charge < -0.3 is 14.4 Å². The van der Waals surface area contributed by atoms with Crippen LogP contribution in [0.2, 0.25) is 0 Å². The summed E-state index contributed by atoms with van der Waals surface area (Å²) in [6.07, 6.45) is 18.8. The smallest absolute Gasteiger partial charge is 0.161 e. The molecule has 0 unspecified atom stereocenters. The average Bonchev–Trinajstić information content (AvgIpc) is 2.75. The molecule has 0 saturated heterocycles. The minimum absolute atomic E-state index is 0.772. The van der Waals surface area contributed by atoms with Crippen molar-refractivity contribution in [3.63, 3.8) is 0 Å². The lowest BCUT2D eigenvalue weighted by Crippen LogP contribution is -2.19. The second kappa shape index (κ2) is 18.5. The predicted molar refractivity (Wildman–Crippen MR) is 131 cm³/mol. The zero-order valence-corrected chi connectivity index (χ0v) is 20.5. The van der Waals surface area contributed by atoms with Crippen LogP contribution in [0.5, 0.6) is 11.5 Å². The van der Waals surface area contributed by atoms with Crippen molar-refractivity contribution < 1.29 is 9.47 Å². The normalized spacial score (nSPS) is 11.2. The van der Waals surface area contributed by atoms with Gasteiger partial charge in [-0.1, -0.05) is 97.0 Å². The Morgan fingerprint density at radius 2 is 1.27 bits per heavy atom.